The lowest BCUT2D eigenvalue weighted by Crippen LogP contribution is -2.43. The second kappa shape index (κ2) is 10.5. The van der Waals surface area contributed by atoms with Crippen LogP contribution in [0.25, 0.3) is 10.9 Å². The number of hydrogen-bond acceptors (Lipinski definition) is 6. The fourth-order valence-corrected chi connectivity index (χ4v) is 4.20. The summed E-state index contributed by atoms with van der Waals surface area (Å²) in [6, 6.07) is 10.4. The average Bonchev–Trinajstić information content (AvgIpc) is 2.82. The molecule has 10 heteroatoms. The van der Waals surface area contributed by atoms with Gasteiger partial charge in [-0.1, -0.05) is 48.3 Å². The van der Waals surface area contributed by atoms with E-state index in [9.17, 15) is 9.59 Å². The fraction of sp³-hybridized carbons (Fsp3) is 0.360. The number of ether oxygens (including phenoxy) is 2. The van der Waals surface area contributed by atoms with Gasteiger partial charge in [0.15, 0.2) is 6.61 Å². The van der Waals surface area contributed by atoms with Gasteiger partial charge in [-0.15, -0.1) is 0 Å². The molecular weight excluding hydrogens is 536 g/mol. The summed E-state index contributed by atoms with van der Waals surface area (Å²) in [5.74, 6) is 0.823. The molecule has 184 valence electrons. The molecule has 0 radical (unpaired) electrons. The second-order valence-electron chi connectivity index (χ2n) is 9.17. The molecule has 1 aromatic heterocycles. The Bertz CT molecular complexity index is 1340. The van der Waals surface area contributed by atoms with Crippen molar-refractivity contribution in [2.24, 2.45) is 5.10 Å². The number of nitrogens with zero attached hydrogens (tertiary/aromatic N) is 4. The minimum absolute atomic E-state index is 0.123. The summed E-state index contributed by atoms with van der Waals surface area (Å²) in [4.78, 5) is 32.3. The smallest absolute Gasteiger partial charge is 0.282 e. The van der Waals surface area contributed by atoms with Crippen LogP contribution in [-0.4, -0.2) is 59.6 Å². The van der Waals surface area contributed by atoms with Crippen molar-refractivity contribution < 1.29 is 14.3 Å². The maximum absolute atomic E-state index is 13.4. The average molecular weight is 562 g/mol. The van der Waals surface area contributed by atoms with Gasteiger partial charge in [0.1, 0.15) is 11.6 Å². The van der Waals surface area contributed by atoms with Crippen LogP contribution >= 0.6 is 27.5 Å². The summed E-state index contributed by atoms with van der Waals surface area (Å²) in [7, 11) is 0. The van der Waals surface area contributed by atoms with Crippen LogP contribution in [0.1, 0.15) is 32.2 Å². The van der Waals surface area contributed by atoms with E-state index in [2.05, 4.69) is 21.0 Å². The Kier molecular flexibility index (Phi) is 7.59. The standard InChI is InChI=1S/C25H26BrClN4O4/c1-25(2,3)24-29-20-6-4-17(26)13-19(20)23(33)31(24)28-14-16-12-18(27)5-7-21(16)35-15-22(32)30-8-10-34-11-9-30/h4-7,12-14H,8-11,15H2,1-3H3. The Hall–Kier alpha value is -2.75. The lowest BCUT2D eigenvalue weighted by molar-refractivity contribution is -0.137. The van der Waals surface area contributed by atoms with Gasteiger partial charge in [0.25, 0.3) is 11.5 Å². The molecule has 1 saturated heterocycles. The van der Waals surface area contributed by atoms with Gasteiger partial charge in [-0.2, -0.15) is 9.78 Å². The van der Waals surface area contributed by atoms with Crippen molar-refractivity contribution in [1.82, 2.24) is 14.6 Å². The van der Waals surface area contributed by atoms with Crippen LogP contribution in [0.4, 0.5) is 0 Å². The number of benzene rings is 2. The number of rotatable bonds is 5. The molecule has 0 unspecified atom stereocenters. The van der Waals surface area contributed by atoms with E-state index >= 15 is 0 Å². The maximum atomic E-state index is 13.4. The van der Waals surface area contributed by atoms with Crippen molar-refractivity contribution in [3.63, 3.8) is 0 Å². The van der Waals surface area contributed by atoms with Gasteiger partial charge < -0.3 is 14.4 Å². The van der Waals surface area contributed by atoms with Gasteiger partial charge >= 0.3 is 0 Å². The number of morpholine rings is 1. The van der Waals surface area contributed by atoms with E-state index < -0.39 is 5.41 Å². The fourth-order valence-electron chi connectivity index (χ4n) is 3.66. The molecular formula is C25H26BrClN4O4. The lowest BCUT2D eigenvalue weighted by atomic mass is 9.95. The third kappa shape index (κ3) is 5.91. The van der Waals surface area contributed by atoms with Crippen molar-refractivity contribution >= 4 is 50.6 Å². The molecule has 0 saturated carbocycles. The summed E-state index contributed by atoms with van der Waals surface area (Å²) in [6.07, 6.45) is 1.50. The second-order valence-corrected chi connectivity index (χ2v) is 10.5. The highest BCUT2D eigenvalue weighted by Crippen LogP contribution is 2.24. The number of amides is 1. The topological polar surface area (TPSA) is 86.0 Å². The molecule has 0 atom stereocenters. The molecule has 0 aliphatic carbocycles. The quantitative estimate of drug-likeness (QED) is 0.435. The van der Waals surface area contributed by atoms with Crippen molar-refractivity contribution in [2.45, 2.75) is 26.2 Å². The molecule has 0 bridgehead atoms. The minimum atomic E-state index is -0.448. The number of halogens is 2. The highest BCUT2D eigenvalue weighted by Gasteiger charge is 2.23. The largest absolute Gasteiger partial charge is 0.483 e. The molecule has 0 N–H and O–H groups in total. The molecule has 1 fully saturated rings. The van der Waals surface area contributed by atoms with Crippen LogP contribution < -0.4 is 10.3 Å². The van der Waals surface area contributed by atoms with E-state index in [0.29, 0.717) is 59.4 Å². The number of aromatic nitrogens is 2. The normalized spacial score (nSPS) is 14.6. The van der Waals surface area contributed by atoms with E-state index in [0.717, 1.165) is 4.47 Å². The van der Waals surface area contributed by atoms with E-state index in [1.54, 1.807) is 35.2 Å². The Labute approximate surface area is 216 Å². The van der Waals surface area contributed by atoms with E-state index in [-0.39, 0.29) is 18.1 Å². The third-order valence-electron chi connectivity index (χ3n) is 5.48. The predicted octanol–water partition coefficient (Wildman–Crippen LogP) is 4.23. The molecule has 0 spiro atoms. The number of fused-ring (bicyclic) bond motifs is 1. The van der Waals surface area contributed by atoms with Crippen LogP contribution in [0.15, 0.2) is 50.8 Å². The van der Waals surface area contributed by atoms with Crippen LogP contribution in [0.5, 0.6) is 5.75 Å². The number of carbonyl (C=O) groups excluding carboxylic acids is 1. The molecule has 1 aliphatic rings. The zero-order valence-corrected chi connectivity index (χ0v) is 22.1. The zero-order chi connectivity index (χ0) is 25.2. The first-order valence-corrected chi connectivity index (χ1v) is 12.4. The molecule has 35 heavy (non-hydrogen) atoms. The molecule has 2 aromatic carbocycles. The Morgan fingerprint density at radius 2 is 1.97 bits per heavy atom. The Balaban J connectivity index is 1.68. The first-order chi connectivity index (χ1) is 16.6. The van der Waals surface area contributed by atoms with Gasteiger partial charge in [-0.05, 0) is 36.4 Å². The zero-order valence-electron chi connectivity index (χ0n) is 19.8. The van der Waals surface area contributed by atoms with Crippen LogP contribution in [-0.2, 0) is 14.9 Å². The molecule has 8 nitrogen and oxygen atoms in total. The lowest BCUT2D eigenvalue weighted by Gasteiger charge is -2.26. The summed E-state index contributed by atoms with van der Waals surface area (Å²) in [6.45, 7) is 7.91. The SMILES string of the molecule is CC(C)(C)c1nc2ccc(Br)cc2c(=O)n1N=Cc1cc(Cl)ccc1OCC(=O)N1CCOCC1. The Morgan fingerprint density at radius 3 is 2.69 bits per heavy atom. The third-order valence-corrected chi connectivity index (χ3v) is 6.21. The van der Waals surface area contributed by atoms with Gasteiger partial charge in [0.2, 0.25) is 0 Å². The summed E-state index contributed by atoms with van der Waals surface area (Å²) in [5.41, 5.74) is 0.400. The van der Waals surface area contributed by atoms with E-state index in [1.807, 2.05) is 26.8 Å². The highest BCUT2D eigenvalue weighted by atomic mass is 79.9. The van der Waals surface area contributed by atoms with Crippen molar-refractivity contribution in [2.75, 3.05) is 32.9 Å². The van der Waals surface area contributed by atoms with Crippen LogP contribution in [0.2, 0.25) is 5.02 Å². The first-order valence-electron chi connectivity index (χ1n) is 11.2. The summed E-state index contributed by atoms with van der Waals surface area (Å²) >= 11 is 9.64. The molecule has 1 amide bonds. The molecule has 1 aliphatic heterocycles. The number of carbonyl (C=O) groups is 1. The van der Waals surface area contributed by atoms with Gasteiger partial charge in [0.05, 0.1) is 30.3 Å². The maximum Gasteiger partial charge on any atom is 0.282 e. The summed E-state index contributed by atoms with van der Waals surface area (Å²) in [5, 5.41) is 5.41. The summed E-state index contributed by atoms with van der Waals surface area (Å²) < 4.78 is 13.2. The Morgan fingerprint density at radius 1 is 1.23 bits per heavy atom. The van der Waals surface area contributed by atoms with Gasteiger partial charge in [-0.3, -0.25) is 9.59 Å². The predicted molar refractivity (Wildman–Crippen MR) is 140 cm³/mol. The molecule has 3 aromatic rings. The van der Waals surface area contributed by atoms with Crippen LogP contribution in [0.3, 0.4) is 0 Å². The van der Waals surface area contributed by atoms with E-state index in [4.69, 9.17) is 26.1 Å². The van der Waals surface area contributed by atoms with Crippen LogP contribution in [0, 0.1) is 0 Å². The van der Waals surface area contributed by atoms with Crippen molar-refractivity contribution in [1.29, 1.82) is 0 Å². The van der Waals surface area contributed by atoms with Crippen molar-refractivity contribution in [3.8, 4) is 5.75 Å². The molecule has 2 heterocycles. The highest BCUT2D eigenvalue weighted by molar-refractivity contribution is 9.10. The van der Waals surface area contributed by atoms with Gasteiger partial charge in [0, 0.05) is 33.6 Å². The first kappa shape index (κ1) is 25.3. The monoisotopic (exact) mass is 560 g/mol. The minimum Gasteiger partial charge on any atom is -0.483 e. The van der Waals surface area contributed by atoms with Crippen molar-refractivity contribution in [3.05, 3.63) is 67.6 Å². The molecule has 4 rings (SSSR count). The number of hydrogen-bond donors (Lipinski definition) is 0. The van der Waals surface area contributed by atoms with Gasteiger partial charge in [-0.25, -0.2) is 4.98 Å². The van der Waals surface area contributed by atoms with E-state index in [1.165, 1.54) is 10.9 Å².